The highest BCUT2D eigenvalue weighted by molar-refractivity contribution is 5.25. The van der Waals surface area contributed by atoms with Crippen molar-refractivity contribution >= 4 is 0 Å². The summed E-state index contributed by atoms with van der Waals surface area (Å²) in [5.74, 6) is -0.997. The maximum atomic E-state index is 10.3. The largest absolute Gasteiger partial charge is 0.360 e. The van der Waals surface area contributed by atoms with Gasteiger partial charge in [0.15, 0.2) is 0 Å². The monoisotopic (exact) mass is 262 g/mol. The number of hydrogen-bond acceptors (Lipinski definition) is 2. The maximum Gasteiger partial charge on any atom is 0.220 e. The Morgan fingerprint density at radius 3 is 2.32 bits per heavy atom. The summed E-state index contributed by atoms with van der Waals surface area (Å²) in [6, 6.07) is 9.72. The zero-order chi connectivity index (χ0) is 13.6. The number of benzene rings is 1. The van der Waals surface area contributed by atoms with E-state index in [9.17, 15) is 5.11 Å². The van der Waals surface area contributed by atoms with Crippen LogP contribution in [0, 0.1) is 0 Å². The fourth-order valence-electron chi connectivity index (χ4n) is 2.66. The molecular formula is C17H26O2. The third kappa shape index (κ3) is 4.05. The third-order valence-electron chi connectivity index (χ3n) is 3.96. The van der Waals surface area contributed by atoms with Crippen LogP contribution in [0.3, 0.4) is 0 Å². The van der Waals surface area contributed by atoms with Crippen molar-refractivity contribution < 1.29 is 9.84 Å². The van der Waals surface area contributed by atoms with E-state index in [0.717, 1.165) is 18.4 Å². The summed E-state index contributed by atoms with van der Waals surface area (Å²) in [5, 5.41) is 10.3. The Morgan fingerprint density at radius 1 is 1.00 bits per heavy atom. The van der Waals surface area contributed by atoms with Gasteiger partial charge in [0, 0.05) is 5.56 Å². The number of rotatable bonds is 9. The second-order valence-electron chi connectivity index (χ2n) is 5.58. The van der Waals surface area contributed by atoms with Crippen molar-refractivity contribution in [2.24, 2.45) is 0 Å². The second kappa shape index (κ2) is 7.06. The first-order chi connectivity index (χ1) is 9.27. The zero-order valence-electron chi connectivity index (χ0n) is 12.0. The van der Waals surface area contributed by atoms with Crippen LogP contribution in [0.2, 0.25) is 0 Å². The van der Waals surface area contributed by atoms with Crippen LogP contribution in [0.5, 0.6) is 0 Å². The molecular weight excluding hydrogens is 236 g/mol. The summed E-state index contributed by atoms with van der Waals surface area (Å²) in [6.07, 6.45) is 10.1. The molecule has 2 rings (SSSR count). The van der Waals surface area contributed by atoms with Crippen molar-refractivity contribution in [3.8, 4) is 0 Å². The van der Waals surface area contributed by atoms with Gasteiger partial charge < -0.3 is 9.84 Å². The van der Waals surface area contributed by atoms with Gasteiger partial charge in [0.2, 0.25) is 5.79 Å². The Labute approximate surface area is 116 Å². The van der Waals surface area contributed by atoms with Crippen LogP contribution in [-0.2, 0) is 10.5 Å². The van der Waals surface area contributed by atoms with Gasteiger partial charge in [0.1, 0.15) is 6.10 Å². The molecule has 1 N–H and O–H groups in total. The first kappa shape index (κ1) is 14.5. The molecule has 2 nitrogen and oxygen atoms in total. The van der Waals surface area contributed by atoms with Gasteiger partial charge in [-0.15, -0.1) is 0 Å². The van der Waals surface area contributed by atoms with Crippen molar-refractivity contribution in [1.82, 2.24) is 0 Å². The maximum absolute atomic E-state index is 10.3. The molecule has 0 spiro atoms. The topological polar surface area (TPSA) is 32.8 Å². The molecule has 1 aromatic rings. The van der Waals surface area contributed by atoms with E-state index >= 15 is 0 Å². The van der Waals surface area contributed by atoms with E-state index in [0.29, 0.717) is 0 Å². The molecule has 106 valence electrons. The molecule has 2 unspecified atom stereocenters. The van der Waals surface area contributed by atoms with Gasteiger partial charge >= 0.3 is 0 Å². The smallest absolute Gasteiger partial charge is 0.220 e. The molecule has 1 aliphatic heterocycles. The summed E-state index contributed by atoms with van der Waals surface area (Å²) >= 11 is 0. The predicted molar refractivity (Wildman–Crippen MR) is 77.8 cm³/mol. The standard InChI is InChI=1S/C17H26O2/c1-2-3-4-5-6-7-11-14-16-17(18,19-16)15-12-9-8-10-13-15/h8-10,12-13,16,18H,2-7,11,14H2,1H3. The molecule has 19 heavy (non-hydrogen) atoms. The van der Waals surface area contributed by atoms with Gasteiger partial charge in [-0.2, -0.15) is 0 Å². The Kier molecular flexibility index (Phi) is 5.41. The first-order valence-corrected chi connectivity index (χ1v) is 7.73. The van der Waals surface area contributed by atoms with Gasteiger partial charge in [-0.25, -0.2) is 0 Å². The average molecular weight is 262 g/mol. The molecule has 1 aliphatic rings. The van der Waals surface area contributed by atoms with Gasteiger partial charge in [0.05, 0.1) is 0 Å². The molecule has 1 fully saturated rings. The number of unbranched alkanes of at least 4 members (excludes halogenated alkanes) is 6. The minimum atomic E-state index is -0.997. The van der Waals surface area contributed by atoms with E-state index in [4.69, 9.17) is 4.74 Å². The Balaban J connectivity index is 1.59. The molecule has 0 aliphatic carbocycles. The second-order valence-corrected chi connectivity index (χ2v) is 5.58. The van der Waals surface area contributed by atoms with Gasteiger partial charge in [-0.1, -0.05) is 82.2 Å². The highest BCUT2D eigenvalue weighted by Gasteiger charge is 2.55. The van der Waals surface area contributed by atoms with Crippen LogP contribution in [0.4, 0.5) is 0 Å². The van der Waals surface area contributed by atoms with E-state index in [-0.39, 0.29) is 6.10 Å². The average Bonchev–Trinajstić information content (AvgIpc) is 3.11. The van der Waals surface area contributed by atoms with Crippen LogP contribution in [-0.4, -0.2) is 11.2 Å². The number of epoxide rings is 1. The van der Waals surface area contributed by atoms with E-state index in [1.54, 1.807) is 0 Å². The van der Waals surface area contributed by atoms with Crippen molar-refractivity contribution in [3.05, 3.63) is 35.9 Å². The molecule has 2 atom stereocenters. The number of hydrogen-bond donors (Lipinski definition) is 1. The Hall–Kier alpha value is -0.860. The lowest BCUT2D eigenvalue weighted by Gasteiger charge is -2.05. The van der Waals surface area contributed by atoms with Gasteiger partial charge in [-0.05, 0) is 6.42 Å². The molecule has 2 heteroatoms. The highest BCUT2D eigenvalue weighted by atomic mass is 16.7. The normalized spacial score (nSPS) is 25.5. The minimum Gasteiger partial charge on any atom is -0.360 e. The highest BCUT2D eigenvalue weighted by Crippen LogP contribution is 2.46. The molecule has 0 bridgehead atoms. The lowest BCUT2D eigenvalue weighted by atomic mass is 10.0. The van der Waals surface area contributed by atoms with Crippen molar-refractivity contribution in [2.45, 2.75) is 70.2 Å². The molecule has 0 aromatic heterocycles. The molecule has 1 heterocycles. The van der Waals surface area contributed by atoms with Crippen molar-refractivity contribution in [2.75, 3.05) is 0 Å². The van der Waals surface area contributed by atoms with Crippen molar-refractivity contribution in [1.29, 1.82) is 0 Å². The first-order valence-electron chi connectivity index (χ1n) is 7.73. The zero-order valence-corrected chi connectivity index (χ0v) is 12.0. The van der Waals surface area contributed by atoms with E-state index in [1.807, 2.05) is 30.3 Å². The van der Waals surface area contributed by atoms with Crippen LogP contribution in [0.1, 0.15) is 63.9 Å². The van der Waals surface area contributed by atoms with Crippen LogP contribution < -0.4 is 0 Å². The molecule has 1 saturated heterocycles. The SMILES string of the molecule is CCCCCCCCCC1OC1(O)c1ccccc1. The number of ether oxygens (including phenoxy) is 1. The Bertz CT molecular complexity index is 363. The lowest BCUT2D eigenvalue weighted by Crippen LogP contribution is -2.11. The van der Waals surface area contributed by atoms with E-state index in [1.165, 1.54) is 38.5 Å². The fourth-order valence-corrected chi connectivity index (χ4v) is 2.66. The molecule has 0 amide bonds. The third-order valence-corrected chi connectivity index (χ3v) is 3.96. The number of aliphatic hydroxyl groups is 1. The van der Waals surface area contributed by atoms with Crippen molar-refractivity contribution in [3.63, 3.8) is 0 Å². The van der Waals surface area contributed by atoms with Crippen LogP contribution in [0.15, 0.2) is 30.3 Å². The van der Waals surface area contributed by atoms with Crippen LogP contribution in [0.25, 0.3) is 0 Å². The van der Waals surface area contributed by atoms with Gasteiger partial charge in [-0.3, -0.25) is 0 Å². The summed E-state index contributed by atoms with van der Waals surface area (Å²) in [5.41, 5.74) is 0.892. The summed E-state index contributed by atoms with van der Waals surface area (Å²) < 4.78 is 5.49. The summed E-state index contributed by atoms with van der Waals surface area (Å²) in [4.78, 5) is 0. The van der Waals surface area contributed by atoms with E-state index in [2.05, 4.69) is 6.92 Å². The summed E-state index contributed by atoms with van der Waals surface area (Å²) in [6.45, 7) is 2.24. The molecule has 0 saturated carbocycles. The molecule has 0 radical (unpaired) electrons. The quantitative estimate of drug-likeness (QED) is 0.529. The fraction of sp³-hybridized carbons (Fsp3) is 0.647. The minimum absolute atomic E-state index is 0.00513. The summed E-state index contributed by atoms with van der Waals surface area (Å²) in [7, 11) is 0. The Morgan fingerprint density at radius 2 is 1.63 bits per heavy atom. The predicted octanol–water partition coefficient (Wildman–Crippen LogP) is 4.37. The molecule has 1 aromatic carbocycles. The lowest BCUT2D eigenvalue weighted by molar-refractivity contribution is 0.0333. The van der Waals surface area contributed by atoms with E-state index < -0.39 is 5.79 Å². The van der Waals surface area contributed by atoms with Crippen LogP contribution >= 0.6 is 0 Å². The van der Waals surface area contributed by atoms with Gasteiger partial charge in [0.25, 0.3) is 0 Å².